The molecule has 2 heterocycles. The smallest absolute Gasteiger partial charge is 0.340 e. The molecule has 0 bridgehead atoms. The van der Waals surface area contributed by atoms with Gasteiger partial charge in [-0.25, -0.2) is 4.79 Å². The first-order chi connectivity index (χ1) is 9.09. The van der Waals surface area contributed by atoms with Crippen molar-refractivity contribution in [3.63, 3.8) is 0 Å². The standard InChI is InChI=1S/C13H11NO5/c15-10-6-5-9(12(16)17)14(10)11-7-3-1-2-4-8(7)13(18)19-11/h1-4,9,11H,5-6H2,(H,16,17)/p-1/t9-,11-/m1/s1. The SMILES string of the molecule is O=C1O[C@@H](N2C(=O)CC[C@@H]2C(=O)[O-])c2ccccc21. The molecule has 1 fully saturated rings. The summed E-state index contributed by atoms with van der Waals surface area (Å²) >= 11 is 0. The zero-order chi connectivity index (χ0) is 13.6. The van der Waals surface area contributed by atoms with Crippen molar-refractivity contribution in [1.82, 2.24) is 4.90 Å². The summed E-state index contributed by atoms with van der Waals surface area (Å²) in [5.41, 5.74) is 0.887. The Hall–Kier alpha value is -2.37. The van der Waals surface area contributed by atoms with E-state index < -0.39 is 24.2 Å². The van der Waals surface area contributed by atoms with Crippen LogP contribution in [0.5, 0.6) is 0 Å². The van der Waals surface area contributed by atoms with Gasteiger partial charge in [0.1, 0.15) is 0 Å². The summed E-state index contributed by atoms with van der Waals surface area (Å²) in [6.07, 6.45) is -0.659. The fourth-order valence-electron chi connectivity index (χ4n) is 2.56. The molecule has 1 amide bonds. The summed E-state index contributed by atoms with van der Waals surface area (Å²) in [7, 11) is 0. The molecule has 0 spiro atoms. The molecule has 98 valence electrons. The normalized spacial score (nSPS) is 25.4. The van der Waals surface area contributed by atoms with Crippen LogP contribution in [0.4, 0.5) is 0 Å². The molecular weight excluding hydrogens is 250 g/mol. The van der Waals surface area contributed by atoms with Gasteiger partial charge in [-0.1, -0.05) is 18.2 Å². The summed E-state index contributed by atoms with van der Waals surface area (Å²) in [5.74, 6) is -2.22. The molecule has 19 heavy (non-hydrogen) atoms. The van der Waals surface area contributed by atoms with Crippen LogP contribution in [0.3, 0.4) is 0 Å². The number of fused-ring (bicyclic) bond motifs is 1. The Morgan fingerprint density at radius 2 is 2.05 bits per heavy atom. The number of amides is 1. The lowest BCUT2D eigenvalue weighted by Crippen LogP contribution is -2.47. The fourth-order valence-corrected chi connectivity index (χ4v) is 2.56. The minimum Gasteiger partial charge on any atom is -0.548 e. The van der Waals surface area contributed by atoms with Gasteiger partial charge in [0.05, 0.1) is 17.6 Å². The zero-order valence-electron chi connectivity index (χ0n) is 9.87. The van der Waals surface area contributed by atoms with Gasteiger partial charge in [-0.05, 0) is 12.5 Å². The fraction of sp³-hybridized carbons (Fsp3) is 0.308. The number of hydrogen-bond donors (Lipinski definition) is 0. The number of benzene rings is 1. The van der Waals surface area contributed by atoms with Gasteiger partial charge < -0.3 is 14.6 Å². The molecule has 6 nitrogen and oxygen atoms in total. The van der Waals surface area contributed by atoms with Gasteiger partial charge in [0.25, 0.3) is 0 Å². The predicted molar refractivity (Wildman–Crippen MR) is 59.5 cm³/mol. The van der Waals surface area contributed by atoms with Gasteiger partial charge in [-0.2, -0.15) is 0 Å². The lowest BCUT2D eigenvalue weighted by molar-refractivity contribution is -0.312. The quantitative estimate of drug-likeness (QED) is 0.675. The molecule has 0 aromatic heterocycles. The molecule has 2 aliphatic heterocycles. The van der Waals surface area contributed by atoms with E-state index in [0.29, 0.717) is 11.1 Å². The Bertz CT molecular complexity index is 582. The van der Waals surface area contributed by atoms with Crippen LogP contribution in [0, 0.1) is 0 Å². The Morgan fingerprint density at radius 3 is 2.79 bits per heavy atom. The Labute approximate surface area is 108 Å². The first-order valence-corrected chi connectivity index (χ1v) is 5.91. The van der Waals surface area contributed by atoms with Crippen LogP contribution in [-0.4, -0.2) is 28.8 Å². The van der Waals surface area contributed by atoms with E-state index in [4.69, 9.17) is 4.74 Å². The summed E-state index contributed by atoms with van der Waals surface area (Å²) in [4.78, 5) is 35.7. The van der Waals surface area contributed by atoms with E-state index in [9.17, 15) is 19.5 Å². The predicted octanol–water partition coefficient (Wildman–Crippen LogP) is -0.404. The second-order valence-corrected chi connectivity index (χ2v) is 4.52. The highest BCUT2D eigenvalue weighted by Gasteiger charge is 2.43. The van der Waals surface area contributed by atoms with E-state index >= 15 is 0 Å². The summed E-state index contributed by atoms with van der Waals surface area (Å²) in [6, 6.07) is 5.60. The van der Waals surface area contributed by atoms with Crippen molar-refractivity contribution in [2.45, 2.75) is 25.1 Å². The van der Waals surface area contributed by atoms with Gasteiger partial charge in [-0.3, -0.25) is 9.69 Å². The lowest BCUT2D eigenvalue weighted by Gasteiger charge is -2.30. The number of nitrogens with zero attached hydrogens (tertiary/aromatic N) is 1. The molecular formula is C13H10NO5-. The second-order valence-electron chi connectivity index (χ2n) is 4.52. The molecule has 0 saturated carbocycles. The van der Waals surface area contributed by atoms with E-state index in [2.05, 4.69) is 0 Å². The van der Waals surface area contributed by atoms with E-state index in [-0.39, 0.29) is 18.7 Å². The third-order valence-electron chi connectivity index (χ3n) is 3.45. The summed E-state index contributed by atoms with van der Waals surface area (Å²) < 4.78 is 5.14. The van der Waals surface area contributed by atoms with E-state index in [1.165, 1.54) is 0 Å². The molecule has 2 aliphatic rings. The van der Waals surface area contributed by atoms with Crippen LogP contribution >= 0.6 is 0 Å². The van der Waals surface area contributed by atoms with Crippen molar-refractivity contribution in [3.8, 4) is 0 Å². The number of carboxylic acid groups (broad SMARTS) is 1. The maximum atomic E-state index is 11.8. The van der Waals surface area contributed by atoms with E-state index in [1.54, 1.807) is 24.3 Å². The Kier molecular flexibility index (Phi) is 2.51. The molecule has 1 saturated heterocycles. The highest BCUT2D eigenvalue weighted by Crippen LogP contribution is 2.37. The van der Waals surface area contributed by atoms with Gasteiger partial charge in [0, 0.05) is 12.0 Å². The molecule has 0 N–H and O–H groups in total. The number of esters is 1. The molecule has 1 aromatic carbocycles. The van der Waals surface area contributed by atoms with Gasteiger partial charge >= 0.3 is 5.97 Å². The summed E-state index contributed by atoms with van der Waals surface area (Å²) in [5, 5.41) is 11.1. The van der Waals surface area contributed by atoms with Crippen molar-refractivity contribution in [3.05, 3.63) is 35.4 Å². The number of hydrogen-bond acceptors (Lipinski definition) is 5. The highest BCUT2D eigenvalue weighted by molar-refractivity contribution is 5.95. The molecule has 2 atom stereocenters. The number of carbonyl (C=O) groups is 3. The first-order valence-electron chi connectivity index (χ1n) is 5.91. The number of rotatable bonds is 2. The maximum Gasteiger partial charge on any atom is 0.340 e. The Balaban J connectivity index is 2.01. The van der Waals surface area contributed by atoms with Gasteiger partial charge in [0.2, 0.25) is 12.1 Å². The van der Waals surface area contributed by atoms with Crippen molar-refractivity contribution < 1.29 is 24.2 Å². The number of likely N-dealkylation sites (tertiary alicyclic amines) is 1. The van der Waals surface area contributed by atoms with Crippen LogP contribution in [0.2, 0.25) is 0 Å². The monoisotopic (exact) mass is 260 g/mol. The van der Waals surface area contributed by atoms with E-state index in [0.717, 1.165) is 4.90 Å². The lowest BCUT2D eigenvalue weighted by atomic mass is 10.1. The van der Waals surface area contributed by atoms with Crippen LogP contribution in [0.25, 0.3) is 0 Å². The van der Waals surface area contributed by atoms with Crippen molar-refractivity contribution >= 4 is 17.8 Å². The van der Waals surface area contributed by atoms with Gasteiger partial charge in [0.15, 0.2) is 0 Å². The molecule has 6 heteroatoms. The number of aliphatic carboxylic acids is 1. The van der Waals surface area contributed by atoms with Crippen LogP contribution in [0.1, 0.15) is 35.0 Å². The average Bonchev–Trinajstić information content (AvgIpc) is 2.91. The van der Waals surface area contributed by atoms with Crippen molar-refractivity contribution in [1.29, 1.82) is 0 Å². The molecule has 0 unspecified atom stereocenters. The highest BCUT2D eigenvalue weighted by atomic mass is 16.6. The minimum atomic E-state index is -1.33. The maximum absolute atomic E-state index is 11.8. The molecule has 0 radical (unpaired) electrons. The molecule has 3 rings (SSSR count). The van der Waals surface area contributed by atoms with Crippen LogP contribution in [0.15, 0.2) is 24.3 Å². The third-order valence-corrected chi connectivity index (χ3v) is 3.45. The van der Waals surface area contributed by atoms with Crippen molar-refractivity contribution in [2.75, 3.05) is 0 Å². The first kappa shape index (κ1) is 11.7. The average molecular weight is 260 g/mol. The topological polar surface area (TPSA) is 86.7 Å². The zero-order valence-corrected chi connectivity index (χ0v) is 9.87. The van der Waals surface area contributed by atoms with Crippen LogP contribution < -0.4 is 5.11 Å². The third kappa shape index (κ3) is 1.68. The second kappa shape index (κ2) is 4.08. The number of cyclic esters (lactones) is 1. The largest absolute Gasteiger partial charge is 0.548 e. The number of carbonyl (C=O) groups excluding carboxylic acids is 3. The van der Waals surface area contributed by atoms with Crippen molar-refractivity contribution in [2.24, 2.45) is 0 Å². The number of carboxylic acids is 1. The van der Waals surface area contributed by atoms with Gasteiger partial charge in [-0.15, -0.1) is 0 Å². The summed E-state index contributed by atoms with van der Waals surface area (Å²) in [6.45, 7) is 0. The molecule has 1 aromatic rings. The minimum absolute atomic E-state index is 0.120. The Morgan fingerprint density at radius 1 is 1.32 bits per heavy atom. The van der Waals surface area contributed by atoms with E-state index in [1.807, 2.05) is 0 Å². The molecule has 0 aliphatic carbocycles. The number of ether oxygens (including phenoxy) is 1. The van der Waals surface area contributed by atoms with Crippen LogP contribution in [-0.2, 0) is 14.3 Å².